The summed E-state index contributed by atoms with van der Waals surface area (Å²) in [5.74, 6) is -0.0509. The first-order chi connectivity index (χ1) is 19.3. The van der Waals surface area contributed by atoms with Crippen LogP contribution in [0.3, 0.4) is 0 Å². The maximum absolute atomic E-state index is 13.6. The minimum Gasteiger partial charge on any atom is -0.452 e. The number of amides is 1. The molecule has 0 spiro atoms. The molecular weight excluding hydrogens is 558 g/mol. The third-order valence-corrected chi connectivity index (χ3v) is 6.72. The lowest BCUT2D eigenvalue weighted by Crippen LogP contribution is -2.48. The van der Waals surface area contributed by atoms with Crippen LogP contribution in [0.2, 0.25) is 0 Å². The van der Waals surface area contributed by atoms with Gasteiger partial charge in [0.2, 0.25) is 0 Å². The zero-order valence-electron chi connectivity index (χ0n) is 22.4. The third-order valence-electron chi connectivity index (χ3n) is 6.72. The van der Waals surface area contributed by atoms with Gasteiger partial charge in [-0.05, 0) is 60.9 Å². The topological polar surface area (TPSA) is 115 Å². The number of carbonyl (C=O) groups is 1. The van der Waals surface area contributed by atoms with Crippen molar-refractivity contribution in [1.29, 1.82) is 0 Å². The summed E-state index contributed by atoms with van der Waals surface area (Å²) in [7, 11) is 1.24. The second kappa shape index (κ2) is 11.5. The summed E-state index contributed by atoms with van der Waals surface area (Å²) in [4.78, 5) is 21.5. The van der Waals surface area contributed by atoms with Crippen molar-refractivity contribution in [2.24, 2.45) is 5.73 Å². The van der Waals surface area contributed by atoms with E-state index < -0.39 is 48.2 Å². The minimum atomic E-state index is -5.02. The number of halogens is 6. The number of carbonyl (C=O) groups excluding carboxylic acids is 1. The van der Waals surface area contributed by atoms with Gasteiger partial charge in [0.15, 0.2) is 0 Å². The Morgan fingerprint density at radius 2 is 1.78 bits per heavy atom. The van der Waals surface area contributed by atoms with Crippen molar-refractivity contribution in [1.82, 2.24) is 25.2 Å². The van der Waals surface area contributed by atoms with Crippen molar-refractivity contribution < 1.29 is 35.9 Å². The number of benzene rings is 1. The molecule has 1 amide bonds. The molecule has 41 heavy (non-hydrogen) atoms. The van der Waals surface area contributed by atoms with E-state index in [1.165, 1.54) is 21.7 Å². The van der Waals surface area contributed by atoms with Gasteiger partial charge in [-0.2, -0.15) is 31.1 Å². The predicted molar refractivity (Wildman–Crippen MR) is 135 cm³/mol. The van der Waals surface area contributed by atoms with Gasteiger partial charge in [0.05, 0.1) is 42.2 Å². The Balaban J connectivity index is 1.90. The lowest BCUT2D eigenvalue weighted by Gasteiger charge is -2.42. The molecule has 10 nitrogen and oxygen atoms in total. The van der Waals surface area contributed by atoms with Crippen LogP contribution in [-0.4, -0.2) is 51.0 Å². The number of hydrogen-bond acceptors (Lipinski definition) is 8. The van der Waals surface area contributed by atoms with Crippen LogP contribution in [0.25, 0.3) is 0 Å². The molecule has 0 fully saturated rings. The van der Waals surface area contributed by atoms with Crippen LogP contribution in [0.5, 0.6) is 0 Å². The number of aryl methyl sites for hydroxylation is 1. The molecule has 0 unspecified atom stereocenters. The Bertz CT molecular complexity index is 1360. The van der Waals surface area contributed by atoms with Crippen LogP contribution in [-0.2, 0) is 30.2 Å². The van der Waals surface area contributed by atoms with E-state index >= 15 is 0 Å². The molecule has 0 saturated heterocycles. The number of hydrogen-bond donors (Lipinski definition) is 1. The average Bonchev–Trinajstić information content (AvgIpc) is 3.38. The molecule has 222 valence electrons. The summed E-state index contributed by atoms with van der Waals surface area (Å²) in [5, 5.41) is 12.3. The molecule has 2 atom stereocenters. The summed E-state index contributed by atoms with van der Waals surface area (Å²) in [5.41, 5.74) is 3.75. The first kappa shape index (κ1) is 30.0. The maximum Gasteiger partial charge on any atom is 0.416 e. The summed E-state index contributed by atoms with van der Waals surface area (Å²) in [6.07, 6.45) is -10.0. The fourth-order valence-corrected chi connectivity index (χ4v) is 4.85. The third kappa shape index (κ3) is 6.36. The van der Waals surface area contributed by atoms with Crippen LogP contribution in [0, 0.1) is 6.92 Å². The van der Waals surface area contributed by atoms with E-state index in [2.05, 4.69) is 20.4 Å². The average molecular weight is 587 g/mol. The highest BCUT2D eigenvalue weighted by molar-refractivity contribution is 5.90. The summed E-state index contributed by atoms with van der Waals surface area (Å²) in [6.45, 7) is 3.45. The number of ether oxygens (including phenoxy) is 1. The highest BCUT2D eigenvalue weighted by Crippen LogP contribution is 2.43. The van der Waals surface area contributed by atoms with Gasteiger partial charge >= 0.3 is 18.4 Å². The molecule has 4 rings (SSSR count). The number of pyridine rings is 1. The van der Waals surface area contributed by atoms with E-state index in [9.17, 15) is 31.1 Å². The number of anilines is 2. The molecule has 1 aliphatic rings. The first-order valence-corrected chi connectivity index (χ1v) is 12.6. The Kier molecular flexibility index (Phi) is 8.42. The largest absolute Gasteiger partial charge is 0.452 e. The Hall–Kier alpha value is -3.95. The minimum absolute atomic E-state index is 0.0509. The lowest BCUT2D eigenvalue weighted by atomic mass is 9.91. The van der Waals surface area contributed by atoms with Gasteiger partial charge in [-0.15, -0.1) is 5.10 Å². The fourth-order valence-electron chi connectivity index (χ4n) is 4.85. The lowest BCUT2D eigenvalue weighted by molar-refractivity contribution is -0.143. The van der Waals surface area contributed by atoms with Crippen molar-refractivity contribution in [3.05, 3.63) is 58.4 Å². The number of alkyl halides is 6. The van der Waals surface area contributed by atoms with Crippen molar-refractivity contribution >= 4 is 17.7 Å². The number of methoxy groups -OCH3 is 1. The standard InChI is InChI=1S/C25H28F6N8O2/c1-4-18-12-20(21-19(6-5-14(2)33-21)39(18)23(40)41-3)37(22-34-36-38(35-22)8-7-32)13-15-9-16(24(26,27)28)11-17(10-15)25(29,30)31/h5-6,9-11,18,20H,4,7-8,12-13,32H2,1-3H3/t18-,20-/m1/s1. The zero-order valence-corrected chi connectivity index (χ0v) is 22.4. The number of fused-ring (bicyclic) bond motifs is 1. The zero-order chi connectivity index (χ0) is 30.1. The molecule has 1 aromatic carbocycles. The first-order valence-electron chi connectivity index (χ1n) is 12.6. The SMILES string of the molecule is CC[C@@H]1C[C@@H](N(Cc2cc(C(F)(F)F)cc(C(F)(F)F)c2)c2nnn(CCN)n2)c2nc(C)ccc2N1C(=O)OC. The van der Waals surface area contributed by atoms with E-state index in [0.29, 0.717) is 35.6 Å². The molecule has 0 saturated carbocycles. The number of nitrogens with two attached hydrogens (primary N) is 1. The Morgan fingerprint density at radius 3 is 2.34 bits per heavy atom. The second-order valence-corrected chi connectivity index (χ2v) is 9.53. The van der Waals surface area contributed by atoms with Crippen molar-refractivity contribution in [2.45, 2.75) is 64.2 Å². The summed E-state index contributed by atoms with van der Waals surface area (Å²) in [6, 6.07) is 3.56. The maximum atomic E-state index is 13.6. The van der Waals surface area contributed by atoms with Crippen molar-refractivity contribution in [2.75, 3.05) is 23.5 Å². The molecular formula is C25H28F6N8O2. The van der Waals surface area contributed by atoms with Gasteiger partial charge in [-0.25, -0.2) is 4.79 Å². The molecule has 1 aliphatic heterocycles. The molecule has 0 radical (unpaired) electrons. The van der Waals surface area contributed by atoms with Gasteiger partial charge < -0.3 is 15.4 Å². The van der Waals surface area contributed by atoms with Crippen molar-refractivity contribution in [3.8, 4) is 0 Å². The van der Waals surface area contributed by atoms with E-state index in [0.717, 1.165) is 0 Å². The Morgan fingerprint density at radius 1 is 1.12 bits per heavy atom. The molecule has 0 bridgehead atoms. The quantitative estimate of drug-likeness (QED) is 0.390. The van der Waals surface area contributed by atoms with E-state index in [-0.39, 0.29) is 37.1 Å². The van der Waals surface area contributed by atoms with Crippen LogP contribution in [0.15, 0.2) is 30.3 Å². The highest BCUT2D eigenvalue weighted by atomic mass is 19.4. The molecule has 2 aromatic heterocycles. The van der Waals surface area contributed by atoms with Crippen LogP contribution in [0.1, 0.15) is 53.9 Å². The summed E-state index contributed by atoms with van der Waals surface area (Å²) < 4.78 is 86.8. The number of aromatic nitrogens is 5. The Labute approximate surface area is 231 Å². The van der Waals surface area contributed by atoms with Gasteiger partial charge in [-0.3, -0.25) is 9.88 Å². The summed E-state index contributed by atoms with van der Waals surface area (Å²) >= 11 is 0. The van der Waals surface area contributed by atoms with Gasteiger partial charge in [0.25, 0.3) is 5.95 Å². The number of rotatable bonds is 7. The monoisotopic (exact) mass is 586 g/mol. The number of nitrogens with zero attached hydrogens (tertiary/aromatic N) is 7. The highest BCUT2D eigenvalue weighted by Gasteiger charge is 2.42. The van der Waals surface area contributed by atoms with E-state index in [1.807, 2.05) is 6.92 Å². The van der Waals surface area contributed by atoms with Gasteiger partial charge in [0, 0.05) is 24.8 Å². The van der Waals surface area contributed by atoms with Crippen LogP contribution < -0.4 is 15.5 Å². The normalized spacial score (nSPS) is 17.4. The molecule has 3 heterocycles. The van der Waals surface area contributed by atoms with Gasteiger partial charge in [0.1, 0.15) is 0 Å². The fraction of sp³-hybridized carbons (Fsp3) is 0.480. The predicted octanol–water partition coefficient (Wildman–Crippen LogP) is 4.88. The molecule has 0 aliphatic carbocycles. The number of tetrazole rings is 1. The van der Waals surface area contributed by atoms with E-state index in [4.69, 9.17) is 10.5 Å². The van der Waals surface area contributed by atoms with Crippen LogP contribution >= 0.6 is 0 Å². The van der Waals surface area contributed by atoms with Gasteiger partial charge in [-0.1, -0.05) is 12.0 Å². The molecule has 16 heteroatoms. The van der Waals surface area contributed by atoms with E-state index in [1.54, 1.807) is 19.1 Å². The molecule has 3 aromatic rings. The smallest absolute Gasteiger partial charge is 0.416 e. The molecule has 2 N–H and O–H groups in total. The van der Waals surface area contributed by atoms with Crippen molar-refractivity contribution in [3.63, 3.8) is 0 Å². The second-order valence-electron chi connectivity index (χ2n) is 9.53. The van der Waals surface area contributed by atoms with Crippen LogP contribution in [0.4, 0.5) is 42.8 Å².